The molecule has 3 heteroatoms. The summed E-state index contributed by atoms with van der Waals surface area (Å²) in [5, 5.41) is 3.48. The van der Waals surface area contributed by atoms with Gasteiger partial charge in [0.1, 0.15) is 13.3 Å². The average molecular weight is 172 g/mol. The minimum Gasteiger partial charge on any atom is -0.299 e. The molecule has 0 aromatic heterocycles. The first-order valence-electron chi connectivity index (χ1n) is 5.04. The van der Waals surface area contributed by atoms with Crippen molar-refractivity contribution in [3.05, 3.63) is 0 Å². The molecule has 1 aliphatic rings. The number of rotatable bonds is 3. The molecule has 0 unspecified atom stereocenters. The molecule has 0 aliphatic carbocycles. The highest BCUT2D eigenvalue weighted by Gasteiger charge is 2.29. The minimum atomic E-state index is 1.07. The maximum absolute atomic E-state index is 3.48. The Labute approximate surface area is 75.9 Å². The number of nitrogens with one attached hydrogen (secondary N) is 1. The maximum atomic E-state index is 3.48. The van der Waals surface area contributed by atoms with Gasteiger partial charge in [-0.3, -0.25) is 9.80 Å². The van der Waals surface area contributed by atoms with Crippen LogP contribution < -0.4 is 5.32 Å². The van der Waals surface area contributed by atoms with Gasteiger partial charge in [0, 0.05) is 6.54 Å². The second-order valence-electron chi connectivity index (χ2n) is 3.67. The van der Waals surface area contributed by atoms with Crippen LogP contribution in [0.4, 0.5) is 0 Å². The summed E-state index contributed by atoms with van der Waals surface area (Å²) in [4.78, 5) is 2.47. The van der Waals surface area contributed by atoms with Crippen LogP contribution >= 0.6 is 0 Å². The Kier molecular flexibility index (Phi) is 3.50. The first-order valence-corrected chi connectivity index (χ1v) is 5.04. The molecule has 0 amide bonds. The molecule has 0 atom stereocenters. The van der Waals surface area contributed by atoms with Gasteiger partial charge in [0.2, 0.25) is 0 Å². The van der Waals surface area contributed by atoms with Crippen LogP contribution in [0.5, 0.6) is 0 Å². The van der Waals surface area contributed by atoms with E-state index in [-0.39, 0.29) is 0 Å². The van der Waals surface area contributed by atoms with Gasteiger partial charge in [0.25, 0.3) is 0 Å². The molecule has 1 fully saturated rings. The molecule has 3 nitrogen and oxygen atoms in total. The Morgan fingerprint density at radius 1 is 1.25 bits per heavy atom. The van der Waals surface area contributed by atoms with Crippen LogP contribution in [0.1, 0.15) is 20.8 Å². The fraction of sp³-hybridized carbons (Fsp3) is 1.00. The van der Waals surface area contributed by atoms with Crippen LogP contribution in [0.2, 0.25) is 0 Å². The summed E-state index contributed by atoms with van der Waals surface area (Å²) in [6.07, 6.45) is 0. The van der Waals surface area contributed by atoms with Crippen molar-refractivity contribution in [1.29, 1.82) is 0 Å². The molecule has 0 aromatic carbocycles. The third-order valence-electron chi connectivity index (χ3n) is 3.07. The zero-order valence-corrected chi connectivity index (χ0v) is 8.64. The monoisotopic (exact) mass is 172 g/mol. The summed E-state index contributed by atoms with van der Waals surface area (Å²) < 4.78 is 1.20. The predicted molar refractivity (Wildman–Crippen MR) is 51.5 cm³/mol. The van der Waals surface area contributed by atoms with E-state index in [1.54, 1.807) is 0 Å². The van der Waals surface area contributed by atoms with Gasteiger partial charge >= 0.3 is 0 Å². The minimum absolute atomic E-state index is 1.07. The molecule has 1 rings (SSSR count). The van der Waals surface area contributed by atoms with Crippen LogP contribution in [0.15, 0.2) is 0 Å². The normalized spacial score (nSPS) is 24.2. The molecule has 1 aliphatic heterocycles. The number of hydrogen-bond donors (Lipinski definition) is 1. The summed E-state index contributed by atoms with van der Waals surface area (Å²) in [7, 11) is 0. The predicted octanol–water partition coefficient (Wildman–Crippen LogP) is 0.641. The SMILES string of the molecule is CCN1CNC[N+](CC)(CC)C1. The van der Waals surface area contributed by atoms with Crippen molar-refractivity contribution in [3.63, 3.8) is 0 Å². The third kappa shape index (κ3) is 1.97. The van der Waals surface area contributed by atoms with Gasteiger partial charge in [0.15, 0.2) is 0 Å². The second kappa shape index (κ2) is 4.21. The van der Waals surface area contributed by atoms with Gasteiger partial charge in [-0.2, -0.15) is 0 Å². The molecule has 0 radical (unpaired) electrons. The Morgan fingerprint density at radius 3 is 2.42 bits per heavy atom. The molecule has 1 saturated heterocycles. The van der Waals surface area contributed by atoms with Gasteiger partial charge in [0.05, 0.1) is 19.8 Å². The van der Waals surface area contributed by atoms with Crippen LogP contribution in [0.25, 0.3) is 0 Å². The molecule has 0 spiro atoms. The van der Waals surface area contributed by atoms with Crippen LogP contribution in [-0.4, -0.2) is 49.0 Å². The van der Waals surface area contributed by atoms with E-state index in [1.165, 1.54) is 24.2 Å². The van der Waals surface area contributed by atoms with Crippen molar-refractivity contribution in [3.8, 4) is 0 Å². The van der Waals surface area contributed by atoms with E-state index in [9.17, 15) is 0 Å². The van der Waals surface area contributed by atoms with E-state index in [0.29, 0.717) is 0 Å². The lowest BCUT2D eigenvalue weighted by Gasteiger charge is -2.44. The van der Waals surface area contributed by atoms with Gasteiger partial charge in [-0.15, -0.1) is 0 Å². The van der Waals surface area contributed by atoms with Crippen LogP contribution in [0.3, 0.4) is 0 Å². The van der Waals surface area contributed by atoms with Crippen molar-refractivity contribution in [2.24, 2.45) is 0 Å². The first kappa shape index (κ1) is 9.96. The lowest BCUT2D eigenvalue weighted by atomic mass is 10.4. The Hall–Kier alpha value is -0.120. The molecule has 12 heavy (non-hydrogen) atoms. The van der Waals surface area contributed by atoms with E-state index in [2.05, 4.69) is 31.0 Å². The van der Waals surface area contributed by atoms with Gasteiger partial charge in [-0.25, -0.2) is 4.90 Å². The fourth-order valence-corrected chi connectivity index (χ4v) is 1.83. The summed E-state index contributed by atoms with van der Waals surface area (Å²) in [6.45, 7) is 13.9. The standard InChI is InChI=1S/C9H22N3/c1-4-11-7-10-8-12(5-2,6-3)9-11/h10H,4-9H2,1-3H3/q+1. The highest BCUT2D eigenvalue weighted by Crippen LogP contribution is 2.09. The quantitative estimate of drug-likeness (QED) is 0.629. The Balaban J connectivity index is 2.52. The first-order chi connectivity index (χ1) is 5.76. The molecule has 1 heterocycles. The summed E-state index contributed by atoms with van der Waals surface area (Å²) >= 11 is 0. The van der Waals surface area contributed by atoms with Gasteiger partial charge < -0.3 is 0 Å². The number of nitrogens with zero attached hydrogens (tertiary/aromatic N) is 2. The lowest BCUT2D eigenvalue weighted by Crippen LogP contribution is -2.64. The highest BCUT2D eigenvalue weighted by molar-refractivity contribution is 4.53. The van der Waals surface area contributed by atoms with Crippen molar-refractivity contribution in [2.75, 3.05) is 39.6 Å². The van der Waals surface area contributed by atoms with E-state index < -0.39 is 0 Å². The van der Waals surface area contributed by atoms with Crippen molar-refractivity contribution in [1.82, 2.24) is 10.2 Å². The molecule has 72 valence electrons. The number of quaternary nitrogens is 1. The maximum Gasteiger partial charge on any atom is 0.137 e. The zero-order valence-electron chi connectivity index (χ0n) is 8.64. The van der Waals surface area contributed by atoms with Crippen LogP contribution in [0, 0.1) is 0 Å². The second-order valence-corrected chi connectivity index (χ2v) is 3.67. The molecule has 0 bridgehead atoms. The van der Waals surface area contributed by atoms with Gasteiger partial charge in [-0.05, 0) is 13.8 Å². The van der Waals surface area contributed by atoms with Crippen molar-refractivity contribution < 1.29 is 4.48 Å². The van der Waals surface area contributed by atoms with E-state index >= 15 is 0 Å². The lowest BCUT2D eigenvalue weighted by molar-refractivity contribution is -0.942. The summed E-state index contributed by atoms with van der Waals surface area (Å²) in [6, 6.07) is 0. The smallest absolute Gasteiger partial charge is 0.137 e. The van der Waals surface area contributed by atoms with Crippen molar-refractivity contribution >= 4 is 0 Å². The van der Waals surface area contributed by atoms with Crippen molar-refractivity contribution in [2.45, 2.75) is 20.8 Å². The molecular weight excluding hydrogens is 150 g/mol. The Bertz CT molecular complexity index is 132. The molecule has 0 aromatic rings. The van der Waals surface area contributed by atoms with E-state index in [1.807, 2.05) is 0 Å². The van der Waals surface area contributed by atoms with Gasteiger partial charge in [-0.1, -0.05) is 6.92 Å². The summed E-state index contributed by atoms with van der Waals surface area (Å²) in [5.41, 5.74) is 0. The molecule has 1 N–H and O–H groups in total. The third-order valence-corrected chi connectivity index (χ3v) is 3.07. The molecular formula is C9H22N3+. The average Bonchev–Trinajstić information content (AvgIpc) is 2.18. The largest absolute Gasteiger partial charge is 0.299 e. The fourth-order valence-electron chi connectivity index (χ4n) is 1.83. The number of hydrogen-bond acceptors (Lipinski definition) is 2. The highest BCUT2D eigenvalue weighted by atomic mass is 15.5. The summed E-state index contributed by atoms with van der Waals surface area (Å²) in [5.74, 6) is 0. The topological polar surface area (TPSA) is 15.3 Å². The van der Waals surface area contributed by atoms with E-state index in [4.69, 9.17) is 0 Å². The van der Waals surface area contributed by atoms with E-state index in [0.717, 1.165) is 19.9 Å². The van der Waals surface area contributed by atoms with Crippen LogP contribution in [-0.2, 0) is 0 Å². The molecule has 0 saturated carbocycles. The zero-order chi connectivity index (χ0) is 9.03. The Morgan fingerprint density at radius 2 is 1.92 bits per heavy atom.